The van der Waals surface area contributed by atoms with E-state index in [0.717, 1.165) is 5.56 Å². The quantitative estimate of drug-likeness (QED) is 0.453. The Morgan fingerprint density at radius 3 is 2.50 bits per heavy atom. The van der Waals surface area contributed by atoms with E-state index in [1.165, 1.54) is 11.3 Å². The van der Waals surface area contributed by atoms with Gasteiger partial charge in [0.25, 0.3) is 0 Å². The van der Waals surface area contributed by atoms with Crippen molar-refractivity contribution in [1.82, 2.24) is 10.4 Å². The Labute approximate surface area is 131 Å². The van der Waals surface area contributed by atoms with Crippen LogP contribution in [0.1, 0.15) is 18.2 Å². The third kappa shape index (κ3) is 4.13. The van der Waals surface area contributed by atoms with Gasteiger partial charge in [0.05, 0.1) is 11.4 Å². The van der Waals surface area contributed by atoms with Gasteiger partial charge >= 0.3 is 11.8 Å². The number of hydrazone groups is 1. The van der Waals surface area contributed by atoms with E-state index >= 15 is 0 Å². The highest BCUT2D eigenvalue weighted by molar-refractivity contribution is 7.13. The Kier molecular flexibility index (Phi) is 4.84. The molecular weight excluding hydrogens is 302 g/mol. The third-order valence-electron chi connectivity index (χ3n) is 2.73. The van der Waals surface area contributed by atoms with Crippen LogP contribution in [-0.4, -0.2) is 22.5 Å². The SMILES string of the molecule is CC(=NNC(=O)C(=O)Nc1ccc(C)cc1)c1csc(N)n1. The van der Waals surface area contributed by atoms with Crippen molar-refractivity contribution < 1.29 is 9.59 Å². The van der Waals surface area contributed by atoms with Crippen LogP contribution >= 0.6 is 11.3 Å². The topological polar surface area (TPSA) is 109 Å². The van der Waals surface area contributed by atoms with Crippen molar-refractivity contribution in [1.29, 1.82) is 0 Å². The smallest absolute Gasteiger partial charge is 0.329 e. The number of aryl methyl sites for hydroxylation is 1. The first kappa shape index (κ1) is 15.6. The molecule has 4 N–H and O–H groups in total. The number of carbonyl (C=O) groups is 2. The Balaban J connectivity index is 1.94. The van der Waals surface area contributed by atoms with Crippen LogP contribution < -0.4 is 16.5 Å². The summed E-state index contributed by atoms with van der Waals surface area (Å²) in [5, 5.41) is 8.44. The van der Waals surface area contributed by atoms with Gasteiger partial charge in [-0.1, -0.05) is 17.7 Å². The molecule has 2 amide bonds. The molecule has 0 atom stereocenters. The summed E-state index contributed by atoms with van der Waals surface area (Å²) in [4.78, 5) is 27.4. The summed E-state index contributed by atoms with van der Waals surface area (Å²) in [7, 11) is 0. The van der Waals surface area contributed by atoms with Crippen LogP contribution in [0.15, 0.2) is 34.7 Å². The van der Waals surface area contributed by atoms with E-state index in [1.807, 2.05) is 19.1 Å². The number of hydrogen-bond donors (Lipinski definition) is 3. The van der Waals surface area contributed by atoms with Crippen LogP contribution in [0.3, 0.4) is 0 Å². The van der Waals surface area contributed by atoms with Gasteiger partial charge in [-0.05, 0) is 26.0 Å². The molecule has 2 aromatic rings. The lowest BCUT2D eigenvalue weighted by molar-refractivity contribution is -0.136. The molecule has 2 rings (SSSR count). The summed E-state index contributed by atoms with van der Waals surface area (Å²) >= 11 is 1.27. The molecule has 0 radical (unpaired) electrons. The average molecular weight is 317 g/mol. The number of nitrogens with two attached hydrogens (primary N) is 1. The molecule has 1 heterocycles. The highest BCUT2D eigenvalue weighted by atomic mass is 32.1. The van der Waals surface area contributed by atoms with Gasteiger partial charge in [-0.15, -0.1) is 11.3 Å². The van der Waals surface area contributed by atoms with Crippen LogP contribution in [0.25, 0.3) is 0 Å². The van der Waals surface area contributed by atoms with E-state index in [0.29, 0.717) is 22.2 Å². The Morgan fingerprint density at radius 1 is 1.23 bits per heavy atom. The van der Waals surface area contributed by atoms with Gasteiger partial charge in [0.2, 0.25) is 0 Å². The van der Waals surface area contributed by atoms with E-state index < -0.39 is 11.8 Å². The van der Waals surface area contributed by atoms with Gasteiger partial charge < -0.3 is 11.1 Å². The van der Waals surface area contributed by atoms with Crippen LogP contribution in [0.2, 0.25) is 0 Å². The van der Waals surface area contributed by atoms with E-state index in [-0.39, 0.29) is 0 Å². The number of hydrogen-bond acceptors (Lipinski definition) is 6. The fourth-order valence-corrected chi connectivity index (χ4v) is 2.13. The number of nitrogen functional groups attached to an aromatic ring is 1. The fraction of sp³-hybridized carbons (Fsp3) is 0.143. The lowest BCUT2D eigenvalue weighted by Crippen LogP contribution is -2.32. The Bertz CT molecular complexity index is 721. The van der Waals surface area contributed by atoms with Gasteiger partial charge in [0.15, 0.2) is 5.13 Å². The van der Waals surface area contributed by atoms with E-state index in [9.17, 15) is 9.59 Å². The summed E-state index contributed by atoms with van der Waals surface area (Å²) < 4.78 is 0. The second-order valence-corrected chi connectivity index (χ2v) is 5.42. The number of anilines is 2. The molecule has 8 heteroatoms. The summed E-state index contributed by atoms with van der Waals surface area (Å²) in [6.45, 7) is 3.59. The number of thiazole rings is 1. The van der Waals surface area contributed by atoms with Crippen molar-refractivity contribution in [3.8, 4) is 0 Å². The van der Waals surface area contributed by atoms with Crippen molar-refractivity contribution in [2.24, 2.45) is 5.10 Å². The van der Waals surface area contributed by atoms with Gasteiger partial charge in [-0.2, -0.15) is 5.10 Å². The predicted octanol–water partition coefficient (Wildman–Crippen LogP) is 1.51. The molecule has 1 aromatic heterocycles. The van der Waals surface area contributed by atoms with Crippen LogP contribution in [-0.2, 0) is 9.59 Å². The largest absolute Gasteiger partial charge is 0.375 e. The minimum atomic E-state index is -0.858. The summed E-state index contributed by atoms with van der Waals surface area (Å²) in [6.07, 6.45) is 0. The first-order valence-corrected chi connectivity index (χ1v) is 7.27. The molecule has 0 bridgehead atoms. The number of nitrogens with zero attached hydrogens (tertiary/aromatic N) is 2. The van der Waals surface area contributed by atoms with Gasteiger partial charge in [-0.3, -0.25) is 9.59 Å². The standard InChI is InChI=1S/C14H15N5O2S/c1-8-3-5-10(6-4-8)16-12(20)13(21)19-18-9(2)11-7-22-14(15)17-11/h3-7H,1-2H3,(H2,15,17)(H,16,20)(H,19,21). The summed E-state index contributed by atoms with van der Waals surface area (Å²) in [5.41, 5.74) is 10.3. The minimum absolute atomic E-state index is 0.410. The number of rotatable bonds is 3. The average Bonchev–Trinajstić information content (AvgIpc) is 2.93. The molecule has 0 saturated carbocycles. The minimum Gasteiger partial charge on any atom is -0.375 e. The Hall–Kier alpha value is -2.74. The first-order chi connectivity index (χ1) is 10.5. The number of amides is 2. The van der Waals surface area contributed by atoms with Crippen LogP contribution in [0, 0.1) is 6.92 Å². The highest BCUT2D eigenvalue weighted by Crippen LogP contribution is 2.11. The summed E-state index contributed by atoms with van der Waals surface area (Å²) in [5.74, 6) is -1.65. The predicted molar refractivity (Wildman–Crippen MR) is 86.7 cm³/mol. The Morgan fingerprint density at radius 2 is 1.91 bits per heavy atom. The number of carbonyl (C=O) groups excluding carboxylic acids is 2. The van der Waals surface area contributed by atoms with Crippen molar-refractivity contribution >= 4 is 39.7 Å². The molecule has 22 heavy (non-hydrogen) atoms. The third-order valence-corrected chi connectivity index (χ3v) is 3.41. The molecule has 0 unspecified atom stereocenters. The number of nitrogens with one attached hydrogen (secondary N) is 2. The molecule has 1 aromatic carbocycles. The molecule has 7 nitrogen and oxygen atoms in total. The van der Waals surface area contributed by atoms with Crippen LogP contribution in [0.4, 0.5) is 10.8 Å². The van der Waals surface area contributed by atoms with Crippen molar-refractivity contribution in [2.75, 3.05) is 11.1 Å². The van der Waals surface area contributed by atoms with E-state index in [4.69, 9.17) is 5.73 Å². The maximum absolute atomic E-state index is 11.7. The zero-order chi connectivity index (χ0) is 16.1. The van der Waals surface area contributed by atoms with Gasteiger partial charge in [0, 0.05) is 11.1 Å². The molecule has 0 aliphatic rings. The molecule has 114 valence electrons. The molecule has 0 spiro atoms. The lowest BCUT2D eigenvalue weighted by atomic mass is 10.2. The van der Waals surface area contributed by atoms with Gasteiger partial charge in [0.1, 0.15) is 0 Å². The van der Waals surface area contributed by atoms with Crippen molar-refractivity contribution in [3.63, 3.8) is 0 Å². The molecule has 0 saturated heterocycles. The maximum Gasteiger partial charge on any atom is 0.329 e. The van der Waals surface area contributed by atoms with Crippen molar-refractivity contribution in [2.45, 2.75) is 13.8 Å². The van der Waals surface area contributed by atoms with Gasteiger partial charge in [-0.25, -0.2) is 10.4 Å². The molecule has 0 fully saturated rings. The molecular formula is C14H15N5O2S. The zero-order valence-corrected chi connectivity index (χ0v) is 12.9. The molecule has 0 aliphatic carbocycles. The zero-order valence-electron chi connectivity index (χ0n) is 12.1. The molecule has 0 aliphatic heterocycles. The normalized spacial score (nSPS) is 11.1. The van der Waals surface area contributed by atoms with Crippen LogP contribution in [0.5, 0.6) is 0 Å². The van der Waals surface area contributed by atoms with E-state index in [1.54, 1.807) is 24.4 Å². The second kappa shape index (κ2) is 6.81. The van der Waals surface area contributed by atoms with Crippen molar-refractivity contribution in [3.05, 3.63) is 40.9 Å². The number of benzene rings is 1. The second-order valence-electron chi connectivity index (χ2n) is 4.53. The first-order valence-electron chi connectivity index (χ1n) is 6.39. The monoisotopic (exact) mass is 317 g/mol. The summed E-state index contributed by atoms with van der Waals surface area (Å²) in [6, 6.07) is 7.10. The maximum atomic E-state index is 11.7. The van der Waals surface area contributed by atoms with E-state index in [2.05, 4.69) is 20.8 Å². The lowest BCUT2D eigenvalue weighted by Gasteiger charge is -2.04. The highest BCUT2D eigenvalue weighted by Gasteiger charge is 2.13. The number of aromatic nitrogens is 1. The fourth-order valence-electron chi connectivity index (χ4n) is 1.52.